The number of aryl methyl sites for hydroxylation is 1. The molecule has 5 rings (SSSR count). The molecule has 0 radical (unpaired) electrons. The lowest BCUT2D eigenvalue weighted by Crippen LogP contribution is -2.47. The van der Waals surface area contributed by atoms with E-state index in [4.69, 9.17) is 4.84 Å². The number of ketones is 1. The lowest BCUT2D eigenvalue weighted by Gasteiger charge is -2.37. The Morgan fingerprint density at radius 3 is 2.06 bits per heavy atom. The minimum absolute atomic E-state index is 0.0922. The van der Waals surface area contributed by atoms with Gasteiger partial charge in [0, 0.05) is 22.3 Å². The molecule has 3 aromatic carbocycles. The number of allylic oxidation sites excluding steroid dienone is 1. The van der Waals surface area contributed by atoms with E-state index in [0.717, 1.165) is 33.4 Å². The van der Waals surface area contributed by atoms with E-state index >= 15 is 0 Å². The van der Waals surface area contributed by atoms with Crippen LogP contribution in [-0.4, -0.2) is 11.5 Å². The summed E-state index contributed by atoms with van der Waals surface area (Å²) < 4.78 is 0. The minimum Gasteiger partial charge on any atom is -0.378 e. The maximum absolute atomic E-state index is 14.1. The third-order valence-corrected chi connectivity index (χ3v) is 6.75. The van der Waals surface area contributed by atoms with E-state index in [2.05, 4.69) is 36.3 Å². The highest BCUT2D eigenvalue weighted by Crippen LogP contribution is 2.63. The van der Waals surface area contributed by atoms with Crippen LogP contribution in [0.2, 0.25) is 0 Å². The van der Waals surface area contributed by atoms with Gasteiger partial charge in [-0.15, -0.1) is 0 Å². The highest BCUT2D eigenvalue weighted by atomic mass is 16.7. The minimum atomic E-state index is -1.00. The summed E-state index contributed by atoms with van der Waals surface area (Å²) in [5.41, 5.74) is 4.51. The summed E-state index contributed by atoms with van der Waals surface area (Å²) in [5.74, 6) is 0.0922. The molecule has 0 unspecified atom stereocenters. The molecule has 1 aliphatic carbocycles. The van der Waals surface area contributed by atoms with Crippen molar-refractivity contribution < 1.29 is 9.63 Å². The van der Waals surface area contributed by atoms with Crippen molar-refractivity contribution in [3.63, 3.8) is 0 Å². The lowest BCUT2D eigenvalue weighted by atomic mass is 9.64. The van der Waals surface area contributed by atoms with Crippen LogP contribution in [0, 0.1) is 12.3 Å². The van der Waals surface area contributed by atoms with Crippen molar-refractivity contribution in [3.05, 3.63) is 113 Å². The number of hydrogen-bond acceptors (Lipinski definition) is 3. The van der Waals surface area contributed by atoms with Gasteiger partial charge < -0.3 is 4.84 Å². The molecule has 2 aliphatic rings. The van der Waals surface area contributed by atoms with Crippen LogP contribution in [0.15, 0.2) is 95.7 Å². The summed E-state index contributed by atoms with van der Waals surface area (Å²) in [4.78, 5) is 20.6. The van der Waals surface area contributed by atoms with E-state index in [0.29, 0.717) is 12.1 Å². The third-order valence-electron chi connectivity index (χ3n) is 6.75. The topological polar surface area (TPSA) is 38.7 Å². The van der Waals surface area contributed by atoms with Crippen molar-refractivity contribution in [2.75, 3.05) is 0 Å². The van der Waals surface area contributed by atoms with Crippen LogP contribution < -0.4 is 0 Å². The largest absolute Gasteiger partial charge is 0.378 e. The zero-order valence-electron chi connectivity index (χ0n) is 18.1. The summed E-state index contributed by atoms with van der Waals surface area (Å²) in [5, 5.41) is 4.60. The van der Waals surface area contributed by atoms with Crippen LogP contribution in [0.5, 0.6) is 0 Å². The molecule has 3 heteroatoms. The van der Waals surface area contributed by atoms with Crippen LogP contribution in [0.3, 0.4) is 0 Å². The van der Waals surface area contributed by atoms with E-state index in [1.807, 2.05) is 74.5 Å². The number of rotatable bonds is 4. The first kappa shape index (κ1) is 19.5. The van der Waals surface area contributed by atoms with Gasteiger partial charge in [0.15, 0.2) is 5.78 Å². The maximum atomic E-state index is 14.1. The molecule has 1 heterocycles. The van der Waals surface area contributed by atoms with Crippen molar-refractivity contribution >= 4 is 17.1 Å². The van der Waals surface area contributed by atoms with Crippen molar-refractivity contribution in [2.24, 2.45) is 10.6 Å². The first-order valence-electron chi connectivity index (χ1n) is 10.8. The van der Waals surface area contributed by atoms with Crippen LogP contribution in [0.25, 0.3) is 5.57 Å². The quantitative estimate of drug-likeness (QED) is 0.526. The molecule has 1 aliphatic heterocycles. The smallest absolute Gasteiger partial charge is 0.206 e. The van der Waals surface area contributed by atoms with Gasteiger partial charge >= 0.3 is 0 Å². The predicted molar refractivity (Wildman–Crippen MR) is 124 cm³/mol. The molecule has 3 nitrogen and oxygen atoms in total. The summed E-state index contributed by atoms with van der Waals surface area (Å²) in [6.45, 7) is 6.10. The van der Waals surface area contributed by atoms with Gasteiger partial charge in [-0.1, -0.05) is 103 Å². The summed E-state index contributed by atoms with van der Waals surface area (Å²) in [6.07, 6.45) is 0.637. The molecule has 0 saturated heterocycles. The number of nitrogens with zero attached hydrogens (tertiary/aromatic N) is 1. The average Bonchev–Trinajstić information content (AvgIpc) is 3.22. The van der Waals surface area contributed by atoms with Crippen molar-refractivity contribution in [3.8, 4) is 0 Å². The van der Waals surface area contributed by atoms with E-state index < -0.39 is 11.0 Å². The van der Waals surface area contributed by atoms with Gasteiger partial charge in [0.1, 0.15) is 11.1 Å². The SMILES string of the molecule is CCC1=C(c2ccccc2)[C@@]2(c3ccccc3)ON=C(c3ccc(C)cc3)[C@@]2(C)C1=O. The Morgan fingerprint density at radius 2 is 1.45 bits per heavy atom. The molecule has 2 atom stereocenters. The molecular weight excluding hydrogens is 382 g/mol. The fourth-order valence-electron chi connectivity index (χ4n) is 5.19. The third kappa shape index (κ3) is 2.53. The number of fused-ring (bicyclic) bond motifs is 1. The Hall–Kier alpha value is -3.46. The zero-order valence-corrected chi connectivity index (χ0v) is 18.1. The molecule has 0 bridgehead atoms. The molecule has 0 fully saturated rings. The van der Waals surface area contributed by atoms with Crippen molar-refractivity contribution in [1.82, 2.24) is 0 Å². The van der Waals surface area contributed by atoms with Crippen LogP contribution in [0.4, 0.5) is 0 Å². The average molecular weight is 408 g/mol. The lowest BCUT2D eigenvalue weighted by molar-refractivity contribution is -0.127. The Kier molecular flexibility index (Phi) is 4.44. The Morgan fingerprint density at radius 1 is 0.839 bits per heavy atom. The van der Waals surface area contributed by atoms with E-state index in [-0.39, 0.29) is 5.78 Å². The van der Waals surface area contributed by atoms with Crippen molar-refractivity contribution in [1.29, 1.82) is 0 Å². The molecule has 154 valence electrons. The number of Topliss-reactive ketones (excluding diaryl/α,β-unsaturated/α-hetero) is 1. The number of hydrogen-bond donors (Lipinski definition) is 0. The van der Waals surface area contributed by atoms with Crippen LogP contribution in [-0.2, 0) is 15.2 Å². The monoisotopic (exact) mass is 407 g/mol. The van der Waals surface area contributed by atoms with E-state index in [1.54, 1.807) is 0 Å². The highest BCUT2D eigenvalue weighted by Gasteiger charge is 2.70. The fourth-order valence-corrected chi connectivity index (χ4v) is 5.19. The molecule has 3 aromatic rings. The highest BCUT2D eigenvalue weighted by molar-refractivity contribution is 6.29. The Bertz CT molecular complexity index is 1210. The standard InChI is InChI=1S/C28H25NO2/c1-4-23-24(20-11-7-5-8-12-20)28(22-13-9-6-10-14-22)27(3,26(23)30)25(29-31-28)21-17-15-19(2)16-18-21/h5-18H,4H2,1-3H3/t27-,28+/m0/s1. The second kappa shape index (κ2) is 7.05. The Labute approximate surface area is 183 Å². The van der Waals surface area contributed by atoms with Gasteiger partial charge in [-0.2, -0.15) is 0 Å². The maximum Gasteiger partial charge on any atom is 0.206 e. The van der Waals surface area contributed by atoms with Crippen LogP contribution >= 0.6 is 0 Å². The van der Waals surface area contributed by atoms with Crippen LogP contribution in [0.1, 0.15) is 42.5 Å². The molecule has 0 saturated carbocycles. The van der Waals surface area contributed by atoms with Gasteiger partial charge in [-0.25, -0.2) is 0 Å². The van der Waals surface area contributed by atoms with Crippen molar-refractivity contribution in [2.45, 2.75) is 32.8 Å². The number of carbonyl (C=O) groups excluding carboxylic acids is 1. The first-order chi connectivity index (χ1) is 15.0. The molecule has 0 amide bonds. The molecular formula is C28H25NO2. The van der Waals surface area contributed by atoms with Gasteiger partial charge in [-0.05, 0) is 25.8 Å². The number of oxime groups is 1. The van der Waals surface area contributed by atoms with E-state index in [1.165, 1.54) is 0 Å². The van der Waals surface area contributed by atoms with Gasteiger partial charge in [0.25, 0.3) is 0 Å². The van der Waals surface area contributed by atoms with E-state index in [9.17, 15) is 4.79 Å². The number of benzene rings is 3. The van der Waals surface area contributed by atoms with Gasteiger partial charge in [0.2, 0.25) is 5.60 Å². The van der Waals surface area contributed by atoms with Gasteiger partial charge in [0.05, 0.1) is 0 Å². The summed E-state index contributed by atoms with van der Waals surface area (Å²) in [7, 11) is 0. The second-order valence-electron chi connectivity index (χ2n) is 8.47. The van der Waals surface area contributed by atoms with Gasteiger partial charge in [-0.3, -0.25) is 4.79 Å². The molecule has 0 N–H and O–H groups in total. The fraction of sp³-hybridized carbons (Fsp3) is 0.214. The zero-order chi connectivity index (χ0) is 21.6. The second-order valence-corrected chi connectivity index (χ2v) is 8.47. The normalized spacial score (nSPS) is 24.7. The molecule has 0 spiro atoms. The first-order valence-corrected chi connectivity index (χ1v) is 10.8. The molecule has 31 heavy (non-hydrogen) atoms. The Balaban J connectivity index is 1.81. The summed E-state index contributed by atoms with van der Waals surface area (Å²) >= 11 is 0. The molecule has 0 aromatic heterocycles. The number of carbonyl (C=O) groups is 1. The summed E-state index contributed by atoms with van der Waals surface area (Å²) in [6, 6.07) is 28.3. The predicted octanol–water partition coefficient (Wildman–Crippen LogP) is 6.08.